The lowest BCUT2D eigenvalue weighted by Gasteiger charge is -2.43. The summed E-state index contributed by atoms with van der Waals surface area (Å²) in [5.74, 6) is 0.0147. The van der Waals surface area contributed by atoms with Gasteiger partial charge in [-0.3, -0.25) is 9.59 Å². The summed E-state index contributed by atoms with van der Waals surface area (Å²) in [6.45, 7) is 1.78. The Balaban J connectivity index is 1.59. The number of nitrogens with zero attached hydrogens (tertiary/aromatic N) is 2. The number of piperidine rings is 1. The first-order valence-electron chi connectivity index (χ1n) is 9.43. The van der Waals surface area contributed by atoms with E-state index in [1.165, 1.54) is 23.5 Å². The van der Waals surface area contributed by atoms with Crippen LogP contribution in [0, 0.1) is 11.7 Å². The average molecular weight is 394 g/mol. The third kappa shape index (κ3) is 2.79. The van der Waals surface area contributed by atoms with Gasteiger partial charge in [-0.2, -0.15) is 0 Å². The van der Waals surface area contributed by atoms with Crippen LogP contribution in [0.15, 0.2) is 58.7 Å². The first kappa shape index (κ1) is 17.4. The fraction of sp³-hybridized carbons (Fsp3) is 0.273. The highest BCUT2D eigenvalue weighted by molar-refractivity contribution is 7.12. The molecule has 0 saturated carbocycles. The second kappa shape index (κ2) is 6.71. The molecule has 1 aromatic carbocycles. The Morgan fingerprint density at radius 1 is 1.00 bits per heavy atom. The van der Waals surface area contributed by atoms with Gasteiger partial charge in [0.2, 0.25) is 0 Å². The van der Waals surface area contributed by atoms with E-state index >= 15 is 0 Å². The number of amides is 1. The van der Waals surface area contributed by atoms with Crippen LogP contribution in [0.2, 0.25) is 0 Å². The molecule has 0 aliphatic carbocycles. The number of carbonyl (C=O) groups excluding carboxylic acids is 1. The van der Waals surface area contributed by atoms with Crippen molar-refractivity contribution in [2.24, 2.45) is 5.92 Å². The second-order valence-electron chi connectivity index (χ2n) is 7.55. The zero-order chi connectivity index (χ0) is 19.3. The lowest BCUT2D eigenvalue weighted by Crippen LogP contribution is -2.49. The van der Waals surface area contributed by atoms with Crippen molar-refractivity contribution in [1.82, 2.24) is 9.47 Å². The third-order valence-corrected chi connectivity index (χ3v) is 6.63. The predicted octanol–water partition coefficient (Wildman–Crippen LogP) is 3.98. The van der Waals surface area contributed by atoms with Crippen molar-refractivity contribution in [3.63, 3.8) is 0 Å². The van der Waals surface area contributed by atoms with Crippen LogP contribution in [0.5, 0.6) is 0 Å². The second-order valence-corrected chi connectivity index (χ2v) is 8.49. The Kier molecular flexibility index (Phi) is 4.16. The number of carbonyl (C=O) groups is 1. The zero-order valence-corrected chi connectivity index (χ0v) is 16.0. The molecule has 3 aromatic rings. The first-order chi connectivity index (χ1) is 13.6. The summed E-state index contributed by atoms with van der Waals surface area (Å²) in [6.07, 6.45) is 0.916. The largest absolute Gasteiger partial charge is 0.337 e. The molecule has 2 aliphatic rings. The standard InChI is InChI=1S/C22H19FN2O2S/c23-18-5-2-1-4-16(18)17-7-8-20(26)25-12-14-10-15(21(17)25)13-24(11-14)22(27)19-6-3-9-28-19/h1-9,14-15H,10-13H2/t14-,15-/m0/s1. The summed E-state index contributed by atoms with van der Waals surface area (Å²) in [5.41, 5.74) is 2.07. The summed E-state index contributed by atoms with van der Waals surface area (Å²) in [4.78, 5) is 28.1. The Morgan fingerprint density at radius 3 is 2.64 bits per heavy atom. The number of hydrogen-bond donors (Lipinski definition) is 0. The minimum absolute atomic E-state index is 0.0277. The molecule has 2 atom stereocenters. The van der Waals surface area contributed by atoms with Gasteiger partial charge in [-0.15, -0.1) is 11.3 Å². The van der Waals surface area contributed by atoms with E-state index in [2.05, 4.69) is 0 Å². The van der Waals surface area contributed by atoms with Crippen LogP contribution < -0.4 is 5.56 Å². The van der Waals surface area contributed by atoms with Gasteiger partial charge in [-0.05, 0) is 35.9 Å². The van der Waals surface area contributed by atoms with Gasteiger partial charge in [-0.25, -0.2) is 4.39 Å². The molecule has 2 bridgehead atoms. The Bertz CT molecular complexity index is 1110. The number of thiophene rings is 1. The molecule has 4 nitrogen and oxygen atoms in total. The minimum Gasteiger partial charge on any atom is -0.337 e. The van der Waals surface area contributed by atoms with Crippen molar-refractivity contribution in [2.45, 2.75) is 18.9 Å². The molecule has 1 fully saturated rings. The molecule has 1 saturated heterocycles. The Labute approximate surface area is 165 Å². The quantitative estimate of drug-likeness (QED) is 0.660. The SMILES string of the molecule is O=C(c1cccs1)N1C[C@@H]2C[C@@H](C1)c1c(-c3ccccc3F)ccc(=O)n1C2. The molecule has 0 spiro atoms. The fourth-order valence-electron chi connectivity index (χ4n) is 4.64. The topological polar surface area (TPSA) is 42.3 Å². The molecule has 1 amide bonds. The smallest absolute Gasteiger partial charge is 0.263 e. The van der Waals surface area contributed by atoms with E-state index < -0.39 is 0 Å². The molecular weight excluding hydrogens is 375 g/mol. The molecule has 142 valence electrons. The van der Waals surface area contributed by atoms with E-state index in [1.54, 1.807) is 28.8 Å². The molecule has 6 heteroatoms. The van der Waals surface area contributed by atoms with Gasteiger partial charge < -0.3 is 9.47 Å². The maximum Gasteiger partial charge on any atom is 0.263 e. The zero-order valence-electron chi connectivity index (χ0n) is 15.2. The van der Waals surface area contributed by atoms with E-state index in [-0.39, 0.29) is 29.1 Å². The van der Waals surface area contributed by atoms with Crippen LogP contribution in [0.25, 0.3) is 11.1 Å². The lowest BCUT2D eigenvalue weighted by molar-refractivity contribution is 0.0600. The van der Waals surface area contributed by atoms with Crippen LogP contribution >= 0.6 is 11.3 Å². The maximum atomic E-state index is 14.5. The summed E-state index contributed by atoms with van der Waals surface area (Å²) in [5, 5.41) is 1.91. The van der Waals surface area contributed by atoms with Crippen molar-refractivity contribution in [3.05, 3.63) is 80.7 Å². The molecule has 2 aliphatic heterocycles. The highest BCUT2D eigenvalue weighted by Gasteiger charge is 2.38. The van der Waals surface area contributed by atoms with Crippen molar-refractivity contribution >= 4 is 17.2 Å². The molecule has 0 unspecified atom stereocenters. The number of halogens is 1. The van der Waals surface area contributed by atoms with Crippen LogP contribution in [-0.4, -0.2) is 28.5 Å². The number of hydrogen-bond acceptors (Lipinski definition) is 3. The van der Waals surface area contributed by atoms with Crippen LogP contribution in [0.4, 0.5) is 4.39 Å². The number of aromatic nitrogens is 1. The van der Waals surface area contributed by atoms with E-state index in [1.807, 2.05) is 22.4 Å². The average Bonchev–Trinajstić information content (AvgIpc) is 3.23. The molecule has 4 heterocycles. The van der Waals surface area contributed by atoms with E-state index in [0.717, 1.165) is 22.6 Å². The number of likely N-dealkylation sites (tertiary alicyclic amines) is 1. The van der Waals surface area contributed by atoms with Gasteiger partial charge in [0, 0.05) is 48.4 Å². The monoisotopic (exact) mass is 394 g/mol. The predicted molar refractivity (Wildman–Crippen MR) is 107 cm³/mol. The maximum absolute atomic E-state index is 14.5. The number of fused-ring (bicyclic) bond motifs is 4. The fourth-order valence-corrected chi connectivity index (χ4v) is 5.34. The van der Waals surface area contributed by atoms with Crippen molar-refractivity contribution in [1.29, 1.82) is 0 Å². The molecular formula is C22H19FN2O2S. The van der Waals surface area contributed by atoms with Crippen LogP contribution in [0.3, 0.4) is 0 Å². The normalized spacial score (nSPS) is 20.7. The van der Waals surface area contributed by atoms with Crippen molar-refractivity contribution in [3.8, 4) is 11.1 Å². The molecule has 0 N–H and O–H groups in total. The van der Waals surface area contributed by atoms with Gasteiger partial charge in [0.1, 0.15) is 5.82 Å². The van der Waals surface area contributed by atoms with Crippen LogP contribution in [0.1, 0.15) is 27.7 Å². The van der Waals surface area contributed by atoms with Gasteiger partial charge >= 0.3 is 0 Å². The highest BCUT2D eigenvalue weighted by atomic mass is 32.1. The number of pyridine rings is 1. The van der Waals surface area contributed by atoms with E-state index in [9.17, 15) is 14.0 Å². The van der Waals surface area contributed by atoms with Crippen LogP contribution in [-0.2, 0) is 6.54 Å². The van der Waals surface area contributed by atoms with Gasteiger partial charge in [0.15, 0.2) is 0 Å². The molecule has 28 heavy (non-hydrogen) atoms. The molecule has 5 rings (SSSR count). The minimum atomic E-state index is -0.298. The van der Waals surface area contributed by atoms with Crippen molar-refractivity contribution < 1.29 is 9.18 Å². The summed E-state index contributed by atoms with van der Waals surface area (Å²) in [6, 6.07) is 13.6. The molecule has 0 radical (unpaired) electrons. The molecule has 2 aromatic heterocycles. The number of benzene rings is 1. The first-order valence-corrected chi connectivity index (χ1v) is 10.3. The van der Waals surface area contributed by atoms with Gasteiger partial charge in [0.25, 0.3) is 11.5 Å². The Morgan fingerprint density at radius 2 is 1.86 bits per heavy atom. The van der Waals surface area contributed by atoms with Crippen molar-refractivity contribution in [2.75, 3.05) is 13.1 Å². The summed E-state index contributed by atoms with van der Waals surface area (Å²) >= 11 is 1.45. The lowest BCUT2D eigenvalue weighted by atomic mass is 9.80. The number of rotatable bonds is 2. The Hall–Kier alpha value is -2.73. The van der Waals surface area contributed by atoms with E-state index in [0.29, 0.717) is 25.2 Å². The highest BCUT2D eigenvalue weighted by Crippen LogP contribution is 2.40. The van der Waals surface area contributed by atoms with Gasteiger partial charge in [0.05, 0.1) is 4.88 Å². The van der Waals surface area contributed by atoms with Gasteiger partial charge in [-0.1, -0.05) is 24.3 Å². The van der Waals surface area contributed by atoms with E-state index in [4.69, 9.17) is 0 Å². The summed E-state index contributed by atoms with van der Waals surface area (Å²) in [7, 11) is 0. The summed E-state index contributed by atoms with van der Waals surface area (Å²) < 4.78 is 16.3. The third-order valence-electron chi connectivity index (χ3n) is 5.77.